The van der Waals surface area contributed by atoms with E-state index in [9.17, 15) is 0 Å². The zero-order valence-corrected chi connectivity index (χ0v) is 9.49. The molecule has 3 heteroatoms. The second kappa shape index (κ2) is 5.73. The number of para-hydroxylation sites is 1. The Labute approximate surface area is 91.6 Å². The van der Waals surface area contributed by atoms with Crippen LogP contribution in [0.2, 0.25) is 0 Å². The number of methoxy groups -OCH3 is 1. The third kappa shape index (κ3) is 3.22. The highest BCUT2D eigenvalue weighted by Crippen LogP contribution is 2.17. The van der Waals surface area contributed by atoms with Crippen LogP contribution in [-0.2, 0) is 4.74 Å². The molecular weight excluding hydrogens is 188 g/mol. The van der Waals surface area contributed by atoms with Crippen molar-refractivity contribution >= 4 is 5.69 Å². The van der Waals surface area contributed by atoms with Crippen LogP contribution in [0.5, 0.6) is 0 Å². The third-order valence-electron chi connectivity index (χ3n) is 2.67. The maximum atomic E-state index is 5.81. The van der Waals surface area contributed by atoms with Crippen LogP contribution in [0, 0.1) is 0 Å². The lowest BCUT2D eigenvalue weighted by Crippen LogP contribution is -2.48. The summed E-state index contributed by atoms with van der Waals surface area (Å²) < 4.78 is 5.22. The van der Waals surface area contributed by atoms with Gasteiger partial charge in [-0.05, 0) is 18.6 Å². The Hall–Kier alpha value is -1.06. The van der Waals surface area contributed by atoms with Gasteiger partial charge in [-0.25, -0.2) is 0 Å². The zero-order valence-electron chi connectivity index (χ0n) is 9.49. The van der Waals surface area contributed by atoms with Crippen molar-refractivity contribution in [1.82, 2.24) is 0 Å². The van der Waals surface area contributed by atoms with Crippen LogP contribution >= 0.6 is 0 Å². The first-order valence-corrected chi connectivity index (χ1v) is 5.28. The van der Waals surface area contributed by atoms with E-state index < -0.39 is 0 Å². The summed E-state index contributed by atoms with van der Waals surface area (Å²) in [6.45, 7) is 3.29. The van der Waals surface area contributed by atoms with Crippen LogP contribution in [-0.4, -0.2) is 25.8 Å². The largest absolute Gasteiger partial charge is 0.382 e. The predicted molar refractivity (Wildman–Crippen MR) is 64.0 cm³/mol. The van der Waals surface area contributed by atoms with E-state index in [1.165, 1.54) is 0 Å². The SMILES string of the molecule is CCC(CN)(COC)Nc1ccccc1. The number of rotatable bonds is 6. The van der Waals surface area contributed by atoms with Gasteiger partial charge in [0.05, 0.1) is 12.1 Å². The number of hydrogen-bond donors (Lipinski definition) is 2. The van der Waals surface area contributed by atoms with E-state index in [4.69, 9.17) is 10.5 Å². The first-order valence-electron chi connectivity index (χ1n) is 5.28. The molecule has 15 heavy (non-hydrogen) atoms. The van der Waals surface area contributed by atoms with Gasteiger partial charge in [-0.15, -0.1) is 0 Å². The van der Waals surface area contributed by atoms with E-state index in [0.717, 1.165) is 12.1 Å². The van der Waals surface area contributed by atoms with Crippen LogP contribution in [0.25, 0.3) is 0 Å². The average Bonchev–Trinajstić information content (AvgIpc) is 2.30. The van der Waals surface area contributed by atoms with Crippen LogP contribution < -0.4 is 11.1 Å². The molecule has 1 rings (SSSR count). The maximum Gasteiger partial charge on any atom is 0.0725 e. The molecule has 0 aromatic heterocycles. The lowest BCUT2D eigenvalue weighted by Gasteiger charge is -2.33. The highest BCUT2D eigenvalue weighted by atomic mass is 16.5. The lowest BCUT2D eigenvalue weighted by atomic mass is 9.97. The second-order valence-electron chi connectivity index (χ2n) is 3.76. The molecule has 0 spiro atoms. The van der Waals surface area contributed by atoms with Crippen LogP contribution in [0.3, 0.4) is 0 Å². The van der Waals surface area contributed by atoms with E-state index in [1.54, 1.807) is 7.11 Å². The summed E-state index contributed by atoms with van der Waals surface area (Å²) in [4.78, 5) is 0. The summed E-state index contributed by atoms with van der Waals surface area (Å²) >= 11 is 0. The molecular formula is C12H20N2O. The lowest BCUT2D eigenvalue weighted by molar-refractivity contribution is 0.143. The van der Waals surface area contributed by atoms with Crippen molar-refractivity contribution in [2.45, 2.75) is 18.9 Å². The summed E-state index contributed by atoms with van der Waals surface area (Å²) in [5.74, 6) is 0. The Kier molecular flexibility index (Phi) is 4.59. The van der Waals surface area contributed by atoms with Crippen molar-refractivity contribution in [3.8, 4) is 0 Å². The molecule has 0 aliphatic rings. The fraction of sp³-hybridized carbons (Fsp3) is 0.500. The molecule has 0 saturated carbocycles. The molecule has 3 N–H and O–H groups in total. The maximum absolute atomic E-state index is 5.81. The number of nitrogens with two attached hydrogens (primary N) is 1. The predicted octanol–water partition coefficient (Wildman–Crippen LogP) is 1.85. The number of benzene rings is 1. The molecule has 0 bridgehead atoms. The Morgan fingerprint density at radius 2 is 2.00 bits per heavy atom. The van der Waals surface area contributed by atoms with Gasteiger partial charge < -0.3 is 15.8 Å². The number of anilines is 1. The molecule has 0 aliphatic heterocycles. The average molecular weight is 208 g/mol. The Balaban J connectivity index is 2.74. The van der Waals surface area contributed by atoms with Gasteiger partial charge in [0.1, 0.15) is 0 Å². The summed E-state index contributed by atoms with van der Waals surface area (Å²) in [7, 11) is 1.70. The topological polar surface area (TPSA) is 47.3 Å². The summed E-state index contributed by atoms with van der Waals surface area (Å²) in [6, 6.07) is 10.1. The molecule has 0 amide bonds. The minimum Gasteiger partial charge on any atom is -0.382 e. The monoisotopic (exact) mass is 208 g/mol. The second-order valence-corrected chi connectivity index (χ2v) is 3.76. The van der Waals surface area contributed by atoms with Crippen molar-refractivity contribution in [2.75, 3.05) is 25.6 Å². The Morgan fingerprint density at radius 1 is 1.33 bits per heavy atom. The number of hydrogen-bond acceptors (Lipinski definition) is 3. The molecule has 1 unspecified atom stereocenters. The van der Waals surface area contributed by atoms with Crippen molar-refractivity contribution in [1.29, 1.82) is 0 Å². The molecule has 84 valence electrons. The van der Waals surface area contributed by atoms with Crippen LogP contribution in [0.15, 0.2) is 30.3 Å². The van der Waals surface area contributed by atoms with Crippen LogP contribution in [0.4, 0.5) is 5.69 Å². The molecule has 0 fully saturated rings. The van der Waals surface area contributed by atoms with Crippen molar-refractivity contribution in [3.63, 3.8) is 0 Å². The van der Waals surface area contributed by atoms with Crippen molar-refractivity contribution in [3.05, 3.63) is 30.3 Å². The number of ether oxygens (including phenoxy) is 1. The van der Waals surface area contributed by atoms with Gasteiger partial charge in [0.2, 0.25) is 0 Å². The highest BCUT2D eigenvalue weighted by molar-refractivity contribution is 5.45. The quantitative estimate of drug-likeness (QED) is 0.750. The zero-order chi connectivity index (χ0) is 11.1. The standard InChI is InChI=1S/C12H20N2O/c1-3-12(9-13,10-15-2)14-11-7-5-4-6-8-11/h4-8,14H,3,9-10,13H2,1-2H3. The van der Waals surface area contributed by atoms with E-state index in [2.05, 4.69) is 12.2 Å². The van der Waals surface area contributed by atoms with Crippen molar-refractivity contribution in [2.24, 2.45) is 5.73 Å². The summed E-state index contributed by atoms with van der Waals surface area (Å²) in [6.07, 6.45) is 0.937. The van der Waals surface area contributed by atoms with Gasteiger partial charge in [-0.3, -0.25) is 0 Å². The summed E-state index contributed by atoms with van der Waals surface area (Å²) in [5.41, 5.74) is 6.74. The van der Waals surface area contributed by atoms with Gasteiger partial charge in [-0.2, -0.15) is 0 Å². The van der Waals surface area contributed by atoms with Gasteiger partial charge in [-0.1, -0.05) is 25.1 Å². The van der Waals surface area contributed by atoms with E-state index in [0.29, 0.717) is 13.2 Å². The Morgan fingerprint density at radius 3 is 2.47 bits per heavy atom. The van der Waals surface area contributed by atoms with E-state index >= 15 is 0 Å². The first-order chi connectivity index (χ1) is 7.26. The van der Waals surface area contributed by atoms with Gasteiger partial charge >= 0.3 is 0 Å². The fourth-order valence-electron chi connectivity index (χ4n) is 1.58. The van der Waals surface area contributed by atoms with Gasteiger partial charge in [0, 0.05) is 19.3 Å². The molecule has 0 aliphatic carbocycles. The third-order valence-corrected chi connectivity index (χ3v) is 2.67. The first kappa shape index (κ1) is 12.0. The molecule has 0 saturated heterocycles. The molecule has 0 heterocycles. The molecule has 3 nitrogen and oxygen atoms in total. The minimum absolute atomic E-state index is 0.157. The van der Waals surface area contributed by atoms with E-state index in [-0.39, 0.29) is 5.54 Å². The molecule has 0 radical (unpaired) electrons. The molecule has 1 aromatic carbocycles. The normalized spacial score (nSPS) is 14.6. The summed E-state index contributed by atoms with van der Waals surface area (Å²) in [5, 5.41) is 3.44. The van der Waals surface area contributed by atoms with Gasteiger partial charge in [0.25, 0.3) is 0 Å². The van der Waals surface area contributed by atoms with Crippen molar-refractivity contribution < 1.29 is 4.74 Å². The number of nitrogens with one attached hydrogen (secondary N) is 1. The molecule has 1 atom stereocenters. The smallest absolute Gasteiger partial charge is 0.0725 e. The molecule has 1 aromatic rings. The van der Waals surface area contributed by atoms with Gasteiger partial charge in [0.15, 0.2) is 0 Å². The Bertz CT molecular complexity index is 270. The minimum atomic E-state index is -0.157. The van der Waals surface area contributed by atoms with Crippen LogP contribution in [0.1, 0.15) is 13.3 Å². The highest BCUT2D eigenvalue weighted by Gasteiger charge is 2.25. The van der Waals surface area contributed by atoms with E-state index in [1.807, 2.05) is 30.3 Å². The fourth-order valence-corrected chi connectivity index (χ4v) is 1.58.